The number of nitrogens with one attached hydrogen (secondary N) is 5. The third-order valence-electron chi connectivity index (χ3n) is 12.5. The maximum absolute atomic E-state index is 11.8. The first-order chi connectivity index (χ1) is 44.2. The molecule has 0 radical (unpaired) electrons. The van der Waals surface area contributed by atoms with Gasteiger partial charge in [0, 0.05) is 99.4 Å². The number of nitrogens with two attached hydrogens (primary N) is 3. The zero-order valence-electron chi connectivity index (χ0n) is 52.7. The number of carbonyl (C=O) groups is 2. The average molecular weight is 1420 g/mol. The second-order valence-electron chi connectivity index (χ2n) is 22.2. The number of aliphatic hydroxyl groups is 1. The molecule has 2 aliphatic rings. The number of hydrogen-bond donors (Lipinski definition) is 9. The molecule has 0 atom stereocenters. The maximum atomic E-state index is 11.8. The molecule has 0 aliphatic heterocycles. The second-order valence-corrected chi connectivity index (χ2v) is 23.3. The van der Waals surface area contributed by atoms with Gasteiger partial charge in [0.15, 0.2) is 24.8 Å². The molecule has 2 fully saturated rings. The van der Waals surface area contributed by atoms with Gasteiger partial charge in [0.05, 0.1) is 15.2 Å². The number of amides is 2. The van der Waals surface area contributed by atoms with Crippen LogP contribution in [0.5, 0.6) is 0 Å². The Morgan fingerprint density at radius 2 is 1.12 bits per heavy atom. The summed E-state index contributed by atoms with van der Waals surface area (Å²) in [5.74, 6) is 3.08. The predicted octanol–water partition coefficient (Wildman–Crippen LogP) is 10.8. The molecule has 34 heteroatoms. The van der Waals surface area contributed by atoms with Gasteiger partial charge in [-0.2, -0.15) is 19.4 Å². The summed E-state index contributed by atoms with van der Waals surface area (Å²) in [5, 5.41) is 66.3. The van der Waals surface area contributed by atoms with Crippen molar-refractivity contribution in [3.05, 3.63) is 169 Å². The van der Waals surface area contributed by atoms with Gasteiger partial charge in [-0.1, -0.05) is 41.8 Å². The number of ether oxygens (including phenoxy) is 2. The molecule has 0 spiro atoms. The number of halogens is 3. The van der Waals surface area contributed by atoms with Crippen molar-refractivity contribution in [3.63, 3.8) is 0 Å². The van der Waals surface area contributed by atoms with Crippen molar-refractivity contribution < 1.29 is 48.2 Å². The Bertz CT molecular complexity index is 3230. The quantitative estimate of drug-likeness (QED) is 0.00635. The Labute approximate surface area is 585 Å². The molecule has 12 N–H and O–H groups in total. The van der Waals surface area contributed by atoms with E-state index in [1.807, 2.05) is 71.9 Å². The van der Waals surface area contributed by atoms with Crippen LogP contribution < -0.4 is 53.2 Å². The number of nitro groups is 2. The number of hydrogen-bond acceptors (Lipinski definition) is 24. The molecule has 2 amide bonds. The molecule has 6 aromatic heterocycles. The molecule has 536 valence electrons. The zero-order chi connectivity index (χ0) is 69.2. The van der Waals surface area contributed by atoms with Crippen LogP contribution in [0, 0.1) is 54.4 Å². The first kappa shape index (κ1) is 92.3. The van der Waals surface area contributed by atoms with Gasteiger partial charge in [-0.05, 0) is 152 Å². The molecule has 97 heavy (non-hydrogen) atoms. The van der Waals surface area contributed by atoms with Crippen LogP contribution in [0.2, 0.25) is 5.28 Å². The van der Waals surface area contributed by atoms with E-state index < -0.39 is 33.2 Å². The van der Waals surface area contributed by atoms with E-state index in [1.165, 1.54) is 37.1 Å². The van der Waals surface area contributed by atoms with E-state index in [1.54, 1.807) is 48.8 Å². The molecule has 0 saturated heterocycles. The molecule has 0 unspecified atom stereocenters. The summed E-state index contributed by atoms with van der Waals surface area (Å²) in [6.07, 6.45) is 22.9. The number of alkyl halides is 2. The number of alkyl carbamates (subject to hydrolysis) is 2. The number of anilines is 3. The number of aliphatic hydroxyl groups excluding tert-OH is 1. The summed E-state index contributed by atoms with van der Waals surface area (Å²) in [5.41, 5.74) is 18.8. The number of rotatable bonds is 16. The van der Waals surface area contributed by atoms with Gasteiger partial charge in [0.25, 0.3) is 0 Å². The second kappa shape index (κ2) is 51.4. The SMILES string of the molecule is C.C.C.C.CC(C)(C)OC(=O)NC1CCC(CNc2nc(Cl)ncc2[N+](=O)[O-])CC1.CC(C)(C)OC(=O)NCc1cccnc1.ClCCl.NC1CCC(CNc2nc(NCc3ccc[n+]([O-])c3)ncc2[N+](=O)[O-])CC1.NCc1ccc[n+]([O-])c1.NCc1cccnc1.O=BC#CO. The molecule has 6 heterocycles. The van der Waals surface area contributed by atoms with Gasteiger partial charge in [-0.3, -0.25) is 30.2 Å². The van der Waals surface area contributed by atoms with Crippen molar-refractivity contribution in [3.8, 4) is 11.9 Å². The van der Waals surface area contributed by atoms with Crippen molar-refractivity contribution in [1.29, 1.82) is 0 Å². The van der Waals surface area contributed by atoms with Crippen molar-refractivity contribution >= 4 is 83.1 Å². The Hall–Kier alpha value is -8.93. The number of aromatic nitrogens is 8. The molecule has 0 aromatic carbocycles. The van der Waals surface area contributed by atoms with Crippen molar-refractivity contribution in [2.45, 2.75) is 172 Å². The van der Waals surface area contributed by atoms with E-state index in [4.69, 9.17) is 71.3 Å². The van der Waals surface area contributed by atoms with Crippen LogP contribution in [-0.2, 0) is 40.4 Å². The van der Waals surface area contributed by atoms with Gasteiger partial charge in [-0.25, -0.2) is 19.6 Å². The molecule has 8 rings (SSSR count). The summed E-state index contributed by atoms with van der Waals surface area (Å²) in [7, 11) is 0.319. The van der Waals surface area contributed by atoms with Crippen LogP contribution in [0.25, 0.3) is 0 Å². The van der Waals surface area contributed by atoms with Gasteiger partial charge in [-0.15, -0.1) is 23.2 Å². The minimum atomic E-state index is -0.541. The first-order valence-electron chi connectivity index (χ1n) is 29.1. The monoisotopic (exact) mass is 1410 g/mol. The molecule has 2 aliphatic carbocycles. The van der Waals surface area contributed by atoms with Crippen LogP contribution in [0.3, 0.4) is 0 Å². The zero-order valence-corrected chi connectivity index (χ0v) is 54.9. The van der Waals surface area contributed by atoms with Gasteiger partial charge >= 0.3 is 52.4 Å². The summed E-state index contributed by atoms with van der Waals surface area (Å²) >= 11 is 15.2. The van der Waals surface area contributed by atoms with E-state index in [2.05, 4.69) is 56.5 Å². The summed E-state index contributed by atoms with van der Waals surface area (Å²) in [4.78, 5) is 67.9. The van der Waals surface area contributed by atoms with Crippen molar-refractivity contribution in [1.82, 2.24) is 40.5 Å². The fourth-order valence-electron chi connectivity index (χ4n) is 8.15. The molecular formula is C63H98BCl3N18O12. The standard InChI is InChI=1S/C17H23N7O3.C16H24ClN5O4.C11H16N2O2.C6H8N2O.C6H8N2.C2HBO2.CH2Cl2.4CH4/c18-14-5-3-12(4-6-14)8-19-16-15(24(26)27)10-21-17(22-16)20-9-13-2-1-7-23(25)11-13;1-16(2,3)26-15(23)20-11-6-4-10(5-7-11)8-18-13-12(22(24)25)9-19-14(17)21-13;1-11(2,3)15-10(14)13-8-9-5-4-6-12-7-9;7-4-6-2-1-3-8(9)5-6;7-4-6-2-1-3-8-5-6;4-2-1-3-5;2-1-3;;;;/h1-2,7,10-12,14H,3-6,8-9,18H2,(H2,19,20,21,22);9-11H,4-8H2,1-3H3,(H,20,23)(H,18,19,21);4-7H,8H2,1-3H3,(H,13,14);1-3,5H,4,7H2;1-3,5H,4,7H2;4H;1H2;4*1H4. The fraction of sp³-hybridized carbons (Fsp3) is 0.492. The van der Waals surface area contributed by atoms with E-state index in [0.29, 0.717) is 63.0 Å². The van der Waals surface area contributed by atoms with Gasteiger partial charge in [0.2, 0.25) is 22.9 Å². The Morgan fingerprint density at radius 1 is 0.670 bits per heavy atom. The van der Waals surface area contributed by atoms with Crippen LogP contribution in [-0.4, -0.2) is 106 Å². The summed E-state index contributed by atoms with van der Waals surface area (Å²) in [6, 6.07) is 14.8. The normalized spacial score (nSPS) is 14.5. The Balaban J connectivity index is -0.00000116. The molecule has 0 bridgehead atoms. The Kier molecular flexibility index (Phi) is 48.9. The van der Waals surface area contributed by atoms with Gasteiger partial charge in [0.1, 0.15) is 23.6 Å². The summed E-state index contributed by atoms with van der Waals surface area (Å²) < 4.78 is 20.9. The third-order valence-corrected chi connectivity index (χ3v) is 12.7. The topological polar surface area (TPSA) is 446 Å². The number of pyridine rings is 4. The molecule has 6 aromatic rings. The van der Waals surface area contributed by atoms with Crippen LogP contribution in [0.15, 0.2) is 110 Å². The van der Waals surface area contributed by atoms with Crippen molar-refractivity contribution in [2.75, 3.05) is 34.4 Å². The number of nitrogens with zero attached hydrogens (tertiary/aromatic N) is 10. The van der Waals surface area contributed by atoms with E-state index >= 15 is 0 Å². The minimum absolute atomic E-state index is 0. The third kappa shape index (κ3) is 43.0. The van der Waals surface area contributed by atoms with Crippen LogP contribution >= 0.6 is 34.8 Å². The first-order valence-corrected chi connectivity index (χ1v) is 30.5. The van der Waals surface area contributed by atoms with Crippen molar-refractivity contribution in [2.24, 2.45) is 29.0 Å². The molecule has 30 nitrogen and oxygen atoms in total. The molecule has 2 saturated carbocycles. The van der Waals surface area contributed by atoms with Crippen LogP contribution in [0.4, 0.5) is 38.5 Å². The molecular weight excluding hydrogens is 1320 g/mol. The van der Waals surface area contributed by atoms with E-state index in [9.17, 15) is 40.2 Å². The van der Waals surface area contributed by atoms with E-state index in [0.717, 1.165) is 84.5 Å². The van der Waals surface area contributed by atoms with Gasteiger partial charge < -0.3 is 63.7 Å². The Morgan fingerprint density at radius 3 is 1.55 bits per heavy atom. The predicted molar refractivity (Wildman–Crippen MR) is 380 cm³/mol. The van der Waals surface area contributed by atoms with E-state index in [-0.39, 0.29) is 81.4 Å². The summed E-state index contributed by atoms with van der Waals surface area (Å²) in [6.45, 7) is 13.9. The average Bonchev–Trinajstić information content (AvgIpc) is 0.889. The fourth-order valence-corrected chi connectivity index (χ4v) is 8.28. The number of carbonyl (C=O) groups excluding carboxylic acids is 2. The van der Waals surface area contributed by atoms with Crippen LogP contribution in [0.1, 0.15) is 145 Å².